The van der Waals surface area contributed by atoms with Crippen LogP contribution >= 0.6 is 0 Å². The molecule has 0 spiro atoms. The number of amidine groups is 2. The topological polar surface area (TPSA) is 214 Å². The maximum absolute atomic E-state index is 9.44. The van der Waals surface area contributed by atoms with Crippen LogP contribution in [0.5, 0.6) is 0 Å². The molecule has 15 heteroatoms. The summed E-state index contributed by atoms with van der Waals surface area (Å²) in [6, 6.07) is 0. The van der Waals surface area contributed by atoms with Gasteiger partial charge in [-0.25, -0.2) is 0 Å². The van der Waals surface area contributed by atoms with Gasteiger partial charge < -0.3 is 10.6 Å². The zero-order valence-corrected chi connectivity index (χ0v) is 18.3. The quantitative estimate of drug-likeness (QED) is 0.0911. The molecule has 0 radical (unpaired) electrons. The van der Waals surface area contributed by atoms with E-state index >= 15 is 0 Å². The van der Waals surface area contributed by atoms with Gasteiger partial charge in [-0.2, -0.15) is 27.1 Å². The van der Waals surface area contributed by atoms with Crippen molar-refractivity contribution in [3.63, 3.8) is 0 Å². The van der Waals surface area contributed by atoms with Crippen LogP contribution < -0.4 is 10.6 Å². The smallest absolute Gasteiger partial charge is 0.368 e. The fourth-order valence-electron chi connectivity index (χ4n) is 1.24. The first kappa shape index (κ1) is 29.0. The highest BCUT2D eigenvalue weighted by Gasteiger charge is 2.28. The minimum absolute atomic E-state index is 0.266. The van der Waals surface area contributed by atoms with Crippen LogP contribution in [0.15, 0.2) is 35.5 Å². The summed E-state index contributed by atoms with van der Waals surface area (Å²) in [6.45, 7) is 15.4. The molecule has 6 N–H and O–H groups in total. The van der Waals surface area contributed by atoms with Crippen LogP contribution in [0, 0.1) is 10.8 Å². The van der Waals surface area contributed by atoms with Crippen LogP contribution in [0.3, 0.4) is 0 Å². The van der Waals surface area contributed by atoms with E-state index in [-0.39, 0.29) is 11.7 Å². The highest BCUT2D eigenvalue weighted by Crippen LogP contribution is 2.16. The van der Waals surface area contributed by atoms with E-state index in [4.69, 9.17) is 19.9 Å². The summed E-state index contributed by atoms with van der Waals surface area (Å²) in [7, 11) is -10.2. The van der Waals surface area contributed by atoms with Crippen LogP contribution in [0.25, 0.3) is 0 Å². The van der Waals surface area contributed by atoms with E-state index < -0.39 is 31.9 Å². The number of azo groups is 1. The molecule has 0 saturated heterocycles. The van der Waals surface area contributed by atoms with Crippen molar-refractivity contribution in [3.8, 4) is 0 Å². The van der Waals surface area contributed by atoms with E-state index in [1.54, 1.807) is 39.8 Å². The summed E-state index contributed by atoms with van der Waals surface area (Å²) < 4.78 is 55.6. The predicted molar refractivity (Wildman–Crippen MR) is 109 cm³/mol. The zero-order valence-electron chi connectivity index (χ0n) is 16.6. The van der Waals surface area contributed by atoms with E-state index in [1.165, 1.54) is 0 Å². The van der Waals surface area contributed by atoms with Gasteiger partial charge in [0.2, 0.25) is 0 Å². The van der Waals surface area contributed by atoms with E-state index in [0.717, 1.165) is 0 Å². The lowest BCUT2D eigenvalue weighted by Crippen LogP contribution is -2.43. The Morgan fingerprint density at radius 3 is 1.34 bits per heavy atom. The van der Waals surface area contributed by atoms with E-state index in [9.17, 15) is 16.8 Å². The third kappa shape index (κ3) is 15.4. The Bertz CT molecular complexity index is 765. The third-order valence-corrected chi connectivity index (χ3v) is 4.17. The van der Waals surface area contributed by atoms with Gasteiger partial charge in [-0.15, -0.1) is 16.8 Å². The minimum atomic E-state index is -5.12. The molecule has 0 amide bonds. The van der Waals surface area contributed by atoms with Gasteiger partial charge in [0.1, 0.15) is 22.7 Å². The van der Waals surface area contributed by atoms with Gasteiger partial charge in [-0.1, -0.05) is 12.2 Å². The van der Waals surface area contributed by atoms with Crippen LogP contribution in [0.1, 0.15) is 27.7 Å². The monoisotopic (exact) mass is 456 g/mol. The molecule has 0 aromatic carbocycles. The number of rotatable bonds is 10. The Balaban J connectivity index is 0. The second kappa shape index (κ2) is 11.7. The number of nitrogens with one attached hydrogen (secondary N) is 4. The van der Waals surface area contributed by atoms with Gasteiger partial charge >= 0.3 is 20.8 Å². The predicted octanol–water partition coefficient (Wildman–Crippen LogP) is 1.11. The molecular weight excluding hydrogens is 428 g/mol. The maximum atomic E-state index is 9.44. The van der Waals surface area contributed by atoms with Crippen molar-refractivity contribution in [2.24, 2.45) is 10.2 Å². The molecule has 0 aliphatic carbocycles. The van der Waals surface area contributed by atoms with Crippen molar-refractivity contribution in [2.45, 2.75) is 38.8 Å². The van der Waals surface area contributed by atoms with Crippen molar-refractivity contribution in [1.29, 1.82) is 10.8 Å². The number of hydrogen-bond acceptors (Lipinski definition) is 9. The van der Waals surface area contributed by atoms with E-state index in [2.05, 4.69) is 37.6 Å². The molecule has 0 heterocycles. The molecule has 0 aliphatic heterocycles. The van der Waals surface area contributed by atoms with Crippen molar-refractivity contribution in [1.82, 2.24) is 10.6 Å². The largest absolute Gasteiger partial charge is 0.413 e. The van der Waals surface area contributed by atoms with Crippen molar-refractivity contribution in [3.05, 3.63) is 25.3 Å². The molecule has 0 fully saturated rings. The summed E-state index contributed by atoms with van der Waals surface area (Å²) >= 11 is 0. The second-order valence-electron chi connectivity index (χ2n) is 6.33. The van der Waals surface area contributed by atoms with Gasteiger partial charge in [0.25, 0.3) is 0 Å². The molecule has 0 unspecified atom stereocenters. The first-order valence-corrected chi connectivity index (χ1v) is 10.6. The lowest BCUT2D eigenvalue weighted by molar-refractivity contribution is 0.344. The molecule has 0 saturated carbocycles. The fourth-order valence-corrected chi connectivity index (χ4v) is 2.11. The van der Waals surface area contributed by atoms with Gasteiger partial charge in [0.15, 0.2) is 0 Å². The van der Waals surface area contributed by atoms with Crippen LogP contribution in [0.4, 0.5) is 0 Å². The highest BCUT2D eigenvalue weighted by molar-refractivity contribution is 7.94. The second-order valence-corrected chi connectivity index (χ2v) is 8.59. The van der Waals surface area contributed by atoms with Gasteiger partial charge in [-0.05, 0) is 27.7 Å². The lowest BCUT2D eigenvalue weighted by Gasteiger charge is -2.24. The summed E-state index contributed by atoms with van der Waals surface area (Å²) in [5, 5.41) is 30.1. The van der Waals surface area contributed by atoms with Crippen molar-refractivity contribution >= 4 is 32.5 Å². The summed E-state index contributed by atoms with van der Waals surface area (Å²) in [4.78, 5) is 0. The van der Waals surface area contributed by atoms with Gasteiger partial charge in [0, 0.05) is 13.1 Å². The Kier molecular flexibility index (Phi) is 11.7. The Morgan fingerprint density at radius 2 is 1.17 bits per heavy atom. The van der Waals surface area contributed by atoms with Crippen LogP contribution in [-0.4, -0.2) is 61.8 Å². The summed E-state index contributed by atoms with van der Waals surface area (Å²) in [6.07, 6.45) is 3.36. The molecular formula is C14H28N6O7S2. The highest BCUT2D eigenvalue weighted by atomic mass is 32.3. The molecule has 0 aromatic heterocycles. The SMILES string of the molecule is C=CCNC(=N)C(C)(C)/N=N/C(C)(C)C(=N)NCC=C.O=S(=O)(O)OS(=O)(=O)O. The van der Waals surface area contributed by atoms with E-state index in [1.807, 2.05) is 0 Å². The molecule has 0 aromatic rings. The Morgan fingerprint density at radius 1 is 0.897 bits per heavy atom. The summed E-state index contributed by atoms with van der Waals surface area (Å²) in [5.74, 6) is 0.532. The van der Waals surface area contributed by atoms with Gasteiger partial charge in [0.05, 0.1) is 0 Å². The van der Waals surface area contributed by atoms with Crippen LogP contribution in [0.2, 0.25) is 0 Å². The first-order valence-electron chi connectivity index (χ1n) is 7.85. The zero-order chi connectivity index (χ0) is 23.5. The third-order valence-electron chi connectivity index (χ3n) is 2.79. The average Bonchev–Trinajstić information content (AvgIpc) is 2.52. The first-order chi connectivity index (χ1) is 12.9. The fraction of sp³-hybridized carbons (Fsp3) is 0.571. The van der Waals surface area contributed by atoms with Crippen molar-refractivity contribution in [2.75, 3.05) is 13.1 Å². The van der Waals surface area contributed by atoms with Crippen LogP contribution in [-0.2, 0) is 24.4 Å². The number of hydrogen-bond donors (Lipinski definition) is 6. The maximum Gasteiger partial charge on any atom is 0.413 e. The van der Waals surface area contributed by atoms with Gasteiger partial charge in [-0.3, -0.25) is 19.9 Å². The summed E-state index contributed by atoms with van der Waals surface area (Å²) in [5.41, 5.74) is -1.53. The molecule has 168 valence electrons. The lowest BCUT2D eigenvalue weighted by atomic mass is 10.0. The average molecular weight is 457 g/mol. The molecule has 0 aliphatic rings. The molecule has 29 heavy (non-hydrogen) atoms. The van der Waals surface area contributed by atoms with E-state index in [0.29, 0.717) is 13.1 Å². The molecule has 0 bridgehead atoms. The molecule has 0 atom stereocenters. The Labute approximate surface area is 171 Å². The standard InChI is InChI=1S/C14H26N6.H2O7S2/c1-7-9-17-11(15)13(3,4)19-20-14(5,6)12(16)18-10-8-2;1-8(2,3)7-9(4,5)6/h7-8H,1-2,9-10H2,3-6H3,(H2,15,17)(H2,16,18);(H,1,2,3)(H,4,5,6)/b20-19+;. The molecule has 0 rings (SSSR count). The Hall–Kier alpha value is -2.20. The normalized spacial score (nSPS) is 12.5. The number of nitrogens with zero attached hydrogens (tertiary/aromatic N) is 2. The van der Waals surface area contributed by atoms with Crippen molar-refractivity contribution < 1.29 is 29.6 Å². The minimum Gasteiger partial charge on any atom is -0.368 e. The molecule has 13 nitrogen and oxygen atoms in total.